The van der Waals surface area contributed by atoms with Crippen LogP contribution in [-0.4, -0.2) is 42.8 Å². The van der Waals surface area contributed by atoms with Crippen molar-refractivity contribution in [2.75, 3.05) is 11.4 Å². The van der Waals surface area contributed by atoms with E-state index in [9.17, 15) is 13.6 Å². The number of hydrogen-bond donors (Lipinski definition) is 0. The molecular formula is C17H13F2N7O. The highest BCUT2D eigenvalue weighted by molar-refractivity contribution is 6.01. The highest BCUT2D eigenvalue weighted by Crippen LogP contribution is 2.52. The summed E-state index contributed by atoms with van der Waals surface area (Å²) in [6.07, 6.45) is 6.46. The lowest BCUT2D eigenvalue weighted by Gasteiger charge is -2.16. The van der Waals surface area contributed by atoms with Crippen LogP contribution in [0.4, 0.5) is 14.6 Å². The van der Waals surface area contributed by atoms with Gasteiger partial charge < -0.3 is 0 Å². The average molecular weight is 369 g/mol. The summed E-state index contributed by atoms with van der Waals surface area (Å²) >= 11 is 0. The summed E-state index contributed by atoms with van der Waals surface area (Å²) in [6.45, 7) is 0.391. The third-order valence-electron chi connectivity index (χ3n) is 5.00. The number of anilines is 1. The minimum Gasteiger partial charge on any atom is -0.294 e. The number of aromatic nitrogens is 5. The molecule has 136 valence electrons. The van der Waals surface area contributed by atoms with Crippen LogP contribution in [0.1, 0.15) is 18.9 Å². The Labute approximate surface area is 151 Å². The van der Waals surface area contributed by atoms with Crippen LogP contribution in [0.25, 0.3) is 16.8 Å². The van der Waals surface area contributed by atoms with Crippen LogP contribution in [0.5, 0.6) is 0 Å². The van der Waals surface area contributed by atoms with Gasteiger partial charge in [0.25, 0.3) is 5.92 Å². The molecule has 0 bridgehead atoms. The lowest BCUT2D eigenvalue weighted by Crippen LogP contribution is -2.28. The molecule has 1 amide bonds. The Balaban J connectivity index is 1.57. The van der Waals surface area contributed by atoms with E-state index in [2.05, 4.69) is 15.2 Å². The molecule has 2 unspecified atom stereocenters. The monoisotopic (exact) mass is 369 g/mol. The first-order valence-corrected chi connectivity index (χ1v) is 8.46. The lowest BCUT2D eigenvalue weighted by atomic mass is 10.1. The van der Waals surface area contributed by atoms with Crippen molar-refractivity contribution in [1.29, 1.82) is 5.26 Å². The molecule has 2 fully saturated rings. The summed E-state index contributed by atoms with van der Waals surface area (Å²) in [5, 5.41) is 17.3. The normalized spacial score (nSPS) is 23.7. The second-order valence-corrected chi connectivity index (χ2v) is 6.76. The van der Waals surface area contributed by atoms with Crippen LogP contribution < -0.4 is 4.90 Å². The first-order chi connectivity index (χ1) is 13.0. The van der Waals surface area contributed by atoms with E-state index in [1.807, 2.05) is 6.07 Å². The van der Waals surface area contributed by atoms with Gasteiger partial charge in [0.15, 0.2) is 5.82 Å². The van der Waals surface area contributed by atoms with Crippen molar-refractivity contribution in [3.63, 3.8) is 0 Å². The van der Waals surface area contributed by atoms with Crippen molar-refractivity contribution in [2.24, 2.45) is 5.92 Å². The Morgan fingerprint density at radius 2 is 2.11 bits per heavy atom. The topological polar surface area (TPSA) is 92.1 Å². The lowest BCUT2D eigenvalue weighted by molar-refractivity contribution is -0.119. The molecule has 0 N–H and O–H groups in total. The largest absolute Gasteiger partial charge is 0.294 e. The SMILES string of the molecule is N#CC1CCN(c2nc(-c3cnn(C4CC4(F)F)c3)cn3nccc23)C1=O. The predicted molar refractivity (Wildman–Crippen MR) is 88.9 cm³/mol. The highest BCUT2D eigenvalue weighted by Gasteiger charge is 2.59. The molecule has 2 aliphatic rings. The van der Waals surface area contributed by atoms with Gasteiger partial charge in [-0.15, -0.1) is 0 Å². The second kappa shape index (κ2) is 5.33. The Hall–Kier alpha value is -3.35. The van der Waals surface area contributed by atoms with Crippen molar-refractivity contribution >= 4 is 17.2 Å². The van der Waals surface area contributed by atoms with Crippen LogP contribution in [0.2, 0.25) is 0 Å². The summed E-state index contributed by atoms with van der Waals surface area (Å²) in [4.78, 5) is 18.5. The van der Waals surface area contributed by atoms with Crippen LogP contribution in [0.15, 0.2) is 30.9 Å². The number of fused-ring (bicyclic) bond motifs is 1. The summed E-state index contributed by atoms with van der Waals surface area (Å²) in [5.74, 6) is -3.30. The number of halogens is 2. The number of nitriles is 1. The molecule has 0 radical (unpaired) electrons. The van der Waals surface area contributed by atoms with Gasteiger partial charge in [-0.3, -0.25) is 14.4 Å². The zero-order valence-corrected chi connectivity index (χ0v) is 14.0. The van der Waals surface area contributed by atoms with Gasteiger partial charge in [0, 0.05) is 24.7 Å². The van der Waals surface area contributed by atoms with Gasteiger partial charge in [-0.25, -0.2) is 18.3 Å². The molecule has 3 aromatic rings. The van der Waals surface area contributed by atoms with Gasteiger partial charge in [0.1, 0.15) is 17.5 Å². The number of hydrogen-bond acceptors (Lipinski definition) is 5. The Morgan fingerprint density at radius 3 is 2.81 bits per heavy atom. The fourth-order valence-electron chi connectivity index (χ4n) is 3.38. The molecule has 10 heteroatoms. The number of amides is 1. The van der Waals surface area contributed by atoms with E-state index >= 15 is 0 Å². The predicted octanol–water partition coefficient (Wildman–Crippen LogP) is 2.05. The number of carbonyl (C=O) groups is 1. The molecule has 0 aromatic carbocycles. The van der Waals surface area contributed by atoms with E-state index in [1.165, 1.54) is 22.0 Å². The Morgan fingerprint density at radius 1 is 1.30 bits per heavy atom. The van der Waals surface area contributed by atoms with Gasteiger partial charge in [-0.2, -0.15) is 15.5 Å². The zero-order chi connectivity index (χ0) is 18.8. The maximum atomic E-state index is 13.3. The van der Waals surface area contributed by atoms with Crippen molar-refractivity contribution in [3.8, 4) is 17.3 Å². The van der Waals surface area contributed by atoms with E-state index in [0.717, 1.165) is 0 Å². The average Bonchev–Trinajstić information content (AvgIpc) is 3.13. The smallest absolute Gasteiger partial charge is 0.272 e. The van der Waals surface area contributed by atoms with E-state index in [4.69, 9.17) is 5.26 Å². The molecule has 8 nitrogen and oxygen atoms in total. The maximum absolute atomic E-state index is 13.3. The van der Waals surface area contributed by atoms with Crippen molar-refractivity contribution < 1.29 is 13.6 Å². The zero-order valence-electron chi connectivity index (χ0n) is 14.0. The van der Waals surface area contributed by atoms with Crippen molar-refractivity contribution in [1.82, 2.24) is 24.4 Å². The van der Waals surface area contributed by atoms with Gasteiger partial charge in [0.2, 0.25) is 5.91 Å². The van der Waals surface area contributed by atoms with Crippen molar-refractivity contribution in [2.45, 2.75) is 24.8 Å². The van der Waals surface area contributed by atoms with Gasteiger partial charge in [-0.1, -0.05) is 0 Å². The third kappa shape index (κ3) is 2.38. The van der Waals surface area contributed by atoms with E-state index in [1.54, 1.807) is 23.0 Å². The standard InChI is InChI=1S/C17H13F2N7O/c18-17(19)5-14(17)26-8-11(7-22-26)12-9-25-13(1-3-21-25)15(23-12)24-4-2-10(6-20)16(24)27/h1,3,7-10,14H,2,4-5H2. The molecule has 1 aliphatic carbocycles. The van der Waals surface area contributed by atoms with Gasteiger partial charge in [-0.05, 0) is 12.5 Å². The number of nitrogens with zero attached hydrogens (tertiary/aromatic N) is 7. The first-order valence-electron chi connectivity index (χ1n) is 8.46. The fraction of sp³-hybridized carbons (Fsp3) is 0.353. The summed E-state index contributed by atoms with van der Waals surface area (Å²) < 4.78 is 29.4. The molecule has 2 atom stereocenters. The molecule has 1 saturated carbocycles. The molecule has 3 aromatic heterocycles. The van der Waals surface area contributed by atoms with E-state index < -0.39 is 17.9 Å². The summed E-state index contributed by atoms with van der Waals surface area (Å²) in [7, 11) is 0. The van der Waals surface area contributed by atoms with Crippen LogP contribution in [-0.2, 0) is 4.79 Å². The van der Waals surface area contributed by atoms with Gasteiger partial charge in [0.05, 0.1) is 30.4 Å². The Bertz CT molecular complexity index is 1110. The Kier molecular flexibility index (Phi) is 3.13. The quantitative estimate of drug-likeness (QED) is 0.705. The third-order valence-corrected chi connectivity index (χ3v) is 5.00. The van der Waals surface area contributed by atoms with E-state index in [0.29, 0.717) is 35.6 Å². The number of carbonyl (C=O) groups excluding carboxylic acids is 1. The summed E-state index contributed by atoms with van der Waals surface area (Å²) in [5.41, 5.74) is 1.65. The van der Waals surface area contributed by atoms with Crippen LogP contribution in [0.3, 0.4) is 0 Å². The molecule has 1 saturated heterocycles. The highest BCUT2D eigenvalue weighted by atomic mass is 19.3. The van der Waals surface area contributed by atoms with Crippen LogP contribution in [0, 0.1) is 17.2 Å². The maximum Gasteiger partial charge on any atom is 0.272 e. The molecule has 0 spiro atoms. The fourth-order valence-corrected chi connectivity index (χ4v) is 3.38. The first kappa shape index (κ1) is 15.9. The summed E-state index contributed by atoms with van der Waals surface area (Å²) in [6, 6.07) is 2.82. The second-order valence-electron chi connectivity index (χ2n) is 6.76. The van der Waals surface area contributed by atoms with Crippen LogP contribution >= 0.6 is 0 Å². The minimum absolute atomic E-state index is 0.219. The van der Waals surface area contributed by atoms with Crippen molar-refractivity contribution in [3.05, 3.63) is 30.9 Å². The minimum atomic E-state index is -2.72. The molecule has 4 heterocycles. The molecule has 5 rings (SSSR count). The molecule has 27 heavy (non-hydrogen) atoms. The van der Waals surface area contributed by atoms with Gasteiger partial charge >= 0.3 is 0 Å². The molecule has 1 aliphatic heterocycles. The molecular weight excluding hydrogens is 356 g/mol. The van der Waals surface area contributed by atoms with E-state index in [-0.39, 0.29) is 12.3 Å². The number of rotatable bonds is 3. The number of alkyl halides is 2.